The summed E-state index contributed by atoms with van der Waals surface area (Å²) in [6, 6.07) is 7.45. The molecule has 0 bridgehead atoms. The van der Waals surface area contributed by atoms with Crippen LogP contribution in [0.25, 0.3) is 0 Å². The normalized spacial score (nSPS) is 19.8. The molecular weight excluding hydrogens is 398 g/mol. The largest absolute Gasteiger partial charge is 0.493 e. The molecular formula is C23H27N3O5. The summed E-state index contributed by atoms with van der Waals surface area (Å²) in [5.41, 5.74) is 1.54. The number of methoxy groups -OCH3 is 2. The molecule has 4 rings (SSSR count). The van der Waals surface area contributed by atoms with E-state index in [1.165, 1.54) is 0 Å². The number of aryl methyl sites for hydroxylation is 3. The van der Waals surface area contributed by atoms with E-state index < -0.39 is 0 Å². The van der Waals surface area contributed by atoms with Crippen LogP contribution in [0.4, 0.5) is 0 Å². The van der Waals surface area contributed by atoms with Gasteiger partial charge >= 0.3 is 0 Å². The van der Waals surface area contributed by atoms with Crippen molar-refractivity contribution >= 4 is 11.8 Å². The van der Waals surface area contributed by atoms with Gasteiger partial charge in [0.2, 0.25) is 5.91 Å². The standard InChI is InChI=1S/C23H27N3O5/c1-14-6-8-25(9-7-15-4-5-18(30-2)19(10-15)31-3)22(28)20(14)23(29)26-12-16-11-24-21(27)17(16)13-26/h4-6,8,10,16-17H,7,9,11-13H2,1-3H3,(H,24,27)/t16-,17+/m0/s1. The van der Waals surface area contributed by atoms with Crippen LogP contribution in [0.3, 0.4) is 0 Å². The van der Waals surface area contributed by atoms with Crippen LogP contribution in [0.2, 0.25) is 0 Å². The van der Waals surface area contributed by atoms with Crippen LogP contribution in [-0.2, 0) is 17.8 Å². The van der Waals surface area contributed by atoms with E-state index in [0.717, 1.165) is 5.56 Å². The molecule has 0 radical (unpaired) electrons. The fourth-order valence-electron chi connectivity index (χ4n) is 4.45. The first-order valence-corrected chi connectivity index (χ1v) is 10.4. The Morgan fingerprint density at radius 2 is 1.90 bits per heavy atom. The predicted molar refractivity (Wildman–Crippen MR) is 115 cm³/mol. The molecule has 3 heterocycles. The number of aromatic nitrogens is 1. The fourth-order valence-corrected chi connectivity index (χ4v) is 4.45. The van der Waals surface area contributed by atoms with Crippen molar-refractivity contribution in [3.63, 3.8) is 0 Å². The highest BCUT2D eigenvalue weighted by molar-refractivity contribution is 5.96. The Balaban J connectivity index is 1.52. The lowest BCUT2D eigenvalue weighted by atomic mass is 10.0. The van der Waals surface area contributed by atoms with Crippen molar-refractivity contribution in [2.24, 2.45) is 11.8 Å². The Kier molecular flexibility index (Phi) is 5.71. The van der Waals surface area contributed by atoms with Gasteiger partial charge in [-0.1, -0.05) is 6.07 Å². The molecule has 1 aromatic heterocycles. The van der Waals surface area contributed by atoms with E-state index in [-0.39, 0.29) is 34.8 Å². The Hall–Kier alpha value is -3.29. The average molecular weight is 425 g/mol. The fraction of sp³-hybridized carbons (Fsp3) is 0.435. The third-order valence-corrected chi connectivity index (χ3v) is 6.28. The quantitative estimate of drug-likeness (QED) is 0.752. The molecule has 2 amide bonds. The number of likely N-dealkylation sites (tertiary alicyclic amines) is 1. The first kappa shape index (κ1) is 21.0. The van der Waals surface area contributed by atoms with Gasteiger partial charge in [0.1, 0.15) is 5.56 Å². The topological polar surface area (TPSA) is 89.9 Å². The third-order valence-electron chi connectivity index (χ3n) is 6.28. The summed E-state index contributed by atoms with van der Waals surface area (Å²) in [5, 5.41) is 2.84. The second-order valence-electron chi connectivity index (χ2n) is 8.13. The van der Waals surface area contributed by atoms with Crippen LogP contribution < -0.4 is 20.3 Å². The number of hydrogen-bond acceptors (Lipinski definition) is 5. The van der Waals surface area contributed by atoms with Gasteiger partial charge in [-0.3, -0.25) is 14.4 Å². The van der Waals surface area contributed by atoms with Gasteiger partial charge in [-0.15, -0.1) is 0 Å². The molecule has 1 aromatic carbocycles. The van der Waals surface area contributed by atoms with E-state index in [2.05, 4.69) is 5.32 Å². The predicted octanol–water partition coefficient (Wildman–Crippen LogP) is 1.23. The van der Waals surface area contributed by atoms with Crippen molar-refractivity contribution in [3.05, 3.63) is 57.5 Å². The highest BCUT2D eigenvalue weighted by atomic mass is 16.5. The number of nitrogens with one attached hydrogen (secondary N) is 1. The molecule has 8 nitrogen and oxygen atoms in total. The zero-order valence-corrected chi connectivity index (χ0v) is 18.0. The van der Waals surface area contributed by atoms with E-state index in [4.69, 9.17) is 9.47 Å². The van der Waals surface area contributed by atoms with Crippen molar-refractivity contribution in [2.45, 2.75) is 19.9 Å². The first-order chi connectivity index (χ1) is 14.9. The van der Waals surface area contributed by atoms with Crippen molar-refractivity contribution in [3.8, 4) is 11.5 Å². The van der Waals surface area contributed by atoms with Gasteiger partial charge in [0, 0.05) is 38.3 Å². The highest BCUT2D eigenvalue weighted by Gasteiger charge is 2.44. The lowest BCUT2D eigenvalue weighted by Crippen LogP contribution is -2.38. The van der Waals surface area contributed by atoms with Crippen molar-refractivity contribution in [1.82, 2.24) is 14.8 Å². The molecule has 2 aliphatic rings. The number of carbonyl (C=O) groups excluding carboxylic acids is 2. The molecule has 0 saturated carbocycles. The Morgan fingerprint density at radius 1 is 1.13 bits per heavy atom. The van der Waals surface area contributed by atoms with Crippen LogP contribution in [0.15, 0.2) is 35.3 Å². The maximum atomic E-state index is 13.2. The summed E-state index contributed by atoms with van der Waals surface area (Å²) in [7, 11) is 3.17. The van der Waals surface area contributed by atoms with Gasteiger partial charge in [0.05, 0.1) is 20.1 Å². The molecule has 2 aromatic rings. The van der Waals surface area contributed by atoms with Crippen molar-refractivity contribution in [1.29, 1.82) is 0 Å². The molecule has 0 unspecified atom stereocenters. The van der Waals surface area contributed by atoms with Gasteiger partial charge in [0.15, 0.2) is 11.5 Å². The molecule has 2 aliphatic heterocycles. The molecule has 2 atom stereocenters. The molecule has 2 saturated heterocycles. The van der Waals surface area contributed by atoms with Crippen molar-refractivity contribution in [2.75, 3.05) is 33.9 Å². The lowest BCUT2D eigenvalue weighted by Gasteiger charge is -2.19. The number of hydrogen-bond donors (Lipinski definition) is 1. The summed E-state index contributed by atoms with van der Waals surface area (Å²) >= 11 is 0. The molecule has 0 spiro atoms. The molecule has 8 heteroatoms. The van der Waals surface area contributed by atoms with E-state index >= 15 is 0 Å². The smallest absolute Gasteiger partial charge is 0.263 e. The Labute approximate surface area is 180 Å². The lowest BCUT2D eigenvalue weighted by molar-refractivity contribution is -0.122. The molecule has 0 aliphatic carbocycles. The zero-order chi connectivity index (χ0) is 22.1. The van der Waals surface area contributed by atoms with Gasteiger partial charge < -0.3 is 24.3 Å². The summed E-state index contributed by atoms with van der Waals surface area (Å²) in [6.45, 7) is 3.67. The van der Waals surface area contributed by atoms with Gasteiger partial charge in [0.25, 0.3) is 11.5 Å². The van der Waals surface area contributed by atoms with Gasteiger partial charge in [-0.05, 0) is 42.7 Å². The summed E-state index contributed by atoms with van der Waals surface area (Å²) < 4.78 is 12.2. The van der Waals surface area contributed by atoms with E-state index in [1.807, 2.05) is 18.2 Å². The molecule has 31 heavy (non-hydrogen) atoms. The number of amides is 2. The monoisotopic (exact) mass is 425 g/mol. The second kappa shape index (κ2) is 8.45. The van der Waals surface area contributed by atoms with Crippen LogP contribution in [0, 0.1) is 18.8 Å². The number of rotatable bonds is 6. The third kappa shape index (κ3) is 3.89. The SMILES string of the molecule is COc1ccc(CCn2ccc(C)c(C(=O)N3C[C@@H]4CNC(=O)[C@@H]4C3)c2=O)cc1OC. The summed E-state index contributed by atoms with van der Waals surface area (Å²) in [5.74, 6) is 0.960. The molecule has 164 valence electrons. The number of pyridine rings is 1. The Morgan fingerprint density at radius 3 is 2.61 bits per heavy atom. The minimum absolute atomic E-state index is 0.00239. The minimum Gasteiger partial charge on any atom is -0.493 e. The number of benzene rings is 1. The molecule has 1 N–H and O–H groups in total. The number of carbonyl (C=O) groups is 2. The number of ether oxygens (including phenoxy) is 2. The van der Waals surface area contributed by atoms with Gasteiger partial charge in [-0.25, -0.2) is 0 Å². The average Bonchev–Trinajstić information content (AvgIpc) is 3.35. The first-order valence-electron chi connectivity index (χ1n) is 10.4. The number of nitrogens with zero attached hydrogens (tertiary/aromatic N) is 2. The second-order valence-corrected chi connectivity index (χ2v) is 8.13. The van der Waals surface area contributed by atoms with Crippen LogP contribution >= 0.6 is 0 Å². The Bertz CT molecular complexity index is 1080. The summed E-state index contributed by atoms with van der Waals surface area (Å²) in [6.07, 6.45) is 2.33. The minimum atomic E-state index is -0.299. The number of fused-ring (bicyclic) bond motifs is 1. The maximum Gasteiger partial charge on any atom is 0.263 e. The van der Waals surface area contributed by atoms with Crippen LogP contribution in [0.5, 0.6) is 11.5 Å². The van der Waals surface area contributed by atoms with E-state index in [9.17, 15) is 14.4 Å². The zero-order valence-electron chi connectivity index (χ0n) is 18.0. The van der Waals surface area contributed by atoms with Crippen molar-refractivity contribution < 1.29 is 19.1 Å². The maximum absolute atomic E-state index is 13.2. The summed E-state index contributed by atoms with van der Waals surface area (Å²) in [4.78, 5) is 39.9. The van der Waals surface area contributed by atoms with E-state index in [1.54, 1.807) is 42.9 Å². The highest BCUT2D eigenvalue weighted by Crippen LogP contribution is 2.29. The van der Waals surface area contributed by atoms with Gasteiger partial charge in [-0.2, -0.15) is 0 Å². The van der Waals surface area contributed by atoms with Crippen LogP contribution in [0.1, 0.15) is 21.5 Å². The molecule has 2 fully saturated rings. The van der Waals surface area contributed by atoms with E-state index in [0.29, 0.717) is 49.7 Å². The van der Waals surface area contributed by atoms with Crippen LogP contribution in [-0.4, -0.2) is 55.1 Å².